The third-order valence-corrected chi connectivity index (χ3v) is 5.44. The maximum atomic E-state index is 3.46. The lowest BCUT2D eigenvalue weighted by atomic mass is 9.85. The van der Waals surface area contributed by atoms with Crippen LogP contribution in [-0.4, -0.2) is 9.97 Å². The molecule has 5 rings (SSSR count). The molecule has 3 nitrogen and oxygen atoms in total. The fourth-order valence-electron chi connectivity index (χ4n) is 4.10. The smallest absolute Gasteiger partial charge is 0.172 e. The first-order valence-electron chi connectivity index (χ1n) is 9.46. The van der Waals surface area contributed by atoms with Crippen LogP contribution in [0.2, 0.25) is 0 Å². The number of nitrogens with one attached hydrogen (secondary N) is 2. The van der Waals surface area contributed by atoms with Gasteiger partial charge in [-0.05, 0) is 36.2 Å². The first kappa shape index (κ1) is 15.9. The summed E-state index contributed by atoms with van der Waals surface area (Å²) < 4.78 is 2.24. The molecule has 0 saturated carbocycles. The Morgan fingerprint density at radius 1 is 0.778 bits per heavy atom. The van der Waals surface area contributed by atoms with Gasteiger partial charge >= 0.3 is 0 Å². The summed E-state index contributed by atoms with van der Waals surface area (Å²) in [5.41, 5.74) is 6.27. The molecule has 0 aliphatic carbocycles. The molecule has 0 saturated heterocycles. The van der Waals surface area contributed by atoms with Crippen molar-refractivity contribution in [1.82, 2.24) is 9.97 Å². The Balaban J connectivity index is 1.79. The summed E-state index contributed by atoms with van der Waals surface area (Å²) in [7, 11) is 0. The minimum Gasteiger partial charge on any atom is -0.361 e. The number of pyridine rings is 1. The van der Waals surface area contributed by atoms with Gasteiger partial charge in [-0.15, -0.1) is 0 Å². The van der Waals surface area contributed by atoms with Crippen molar-refractivity contribution in [3.8, 4) is 0 Å². The predicted molar refractivity (Wildman–Crippen MR) is 110 cm³/mol. The van der Waals surface area contributed by atoms with E-state index in [1.807, 2.05) is 0 Å². The lowest BCUT2D eigenvalue weighted by molar-refractivity contribution is -0.694. The first-order chi connectivity index (χ1) is 13.3. The zero-order valence-electron chi connectivity index (χ0n) is 15.3. The second-order valence-electron chi connectivity index (χ2n) is 6.98. The average molecular weight is 352 g/mol. The van der Waals surface area contributed by atoms with Crippen LogP contribution in [0.4, 0.5) is 0 Å². The molecule has 0 bridgehead atoms. The van der Waals surface area contributed by atoms with Gasteiger partial charge in [0.05, 0.1) is 0 Å². The normalized spacial score (nSPS) is 11.6. The van der Waals surface area contributed by atoms with Gasteiger partial charge in [0, 0.05) is 51.7 Å². The lowest BCUT2D eigenvalue weighted by Gasteiger charge is -2.16. The summed E-state index contributed by atoms with van der Waals surface area (Å²) in [6, 6.07) is 21.5. The van der Waals surface area contributed by atoms with Crippen LogP contribution in [0, 0.1) is 0 Å². The molecule has 0 spiro atoms. The van der Waals surface area contributed by atoms with E-state index in [0.29, 0.717) is 0 Å². The van der Waals surface area contributed by atoms with Crippen molar-refractivity contribution >= 4 is 21.8 Å². The van der Waals surface area contributed by atoms with Gasteiger partial charge in [0.2, 0.25) is 0 Å². The quantitative estimate of drug-likeness (QED) is 0.420. The maximum absolute atomic E-state index is 3.46. The number of nitrogens with zero attached hydrogens (tertiary/aromatic N) is 1. The molecule has 5 aromatic rings. The van der Waals surface area contributed by atoms with Crippen LogP contribution in [0.15, 0.2) is 85.5 Å². The van der Waals surface area contributed by atoms with Crippen LogP contribution < -0.4 is 4.57 Å². The van der Waals surface area contributed by atoms with Crippen LogP contribution >= 0.6 is 0 Å². The van der Waals surface area contributed by atoms with Gasteiger partial charge in [-0.25, -0.2) is 4.57 Å². The third kappa shape index (κ3) is 2.63. The number of hydrogen-bond donors (Lipinski definition) is 2. The zero-order chi connectivity index (χ0) is 18.2. The van der Waals surface area contributed by atoms with Crippen LogP contribution in [0.1, 0.15) is 29.5 Å². The summed E-state index contributed by atoms with van der Waals surface area (Å²) in [5.74, 6) is 0.163. The van der Waals surface area contributed by atoms with Crippen molar-refractivity contribution in [2.24, 2.45) is 0 Å². The molecule has 0 amide bonds. The summed E-state index contributed by atoms with van der Waals surface area (Å²) in [4.78, 5) is 6.92. The molecule has 2 aromatic carbocycles. The van der Waals surface area contributed by atoms with Gasteiger partial charge in [0.15, 0.2) is 12.4 Å². The number of fused-ring (bicyclic) bond motifs is 2. The van der Waals surface area contributed by atoms with Gasteiger partial charge in [0.25, 0.3) is 0 Å². The highest BCUT2D eigenvalue weighted by Gasteiger charge is 2.24. The Morgan fingerprint density at radius 2 is 1.37 bits per heavy atom. The second-order valence-corrected chi connectivity index (χ2v) is 6.98. The van der Waals surface area contributed by atoms with Gasteiger partial charge < -0.3 is 9.97 Å². The summed E-state index contributed by atoms with van der Waals surface area (Å²) in [5, 5.41) is 2.55. The molecule has 3 heterocycles. The number of hydrogen-bond acceptors (Lipinski definition) is 0. The maximum Gasteiger partial charge on any atom is 0.172 e. The number of rotatable bonds is 4. The van der Waals surface area contributed by atoms with Crippen molar-refractivity contribution in [1.29, 1.82) is 0 Å². The van der Waals surface area contributed by atoms with E-state index in [-0.39, 0.29) is 5.92 Å². The molecule has 2 N–H and O–H groups in total. The highest BCUT2D eigenvalue weighted by Crippen LogP contribution is 2.38. The Bertz CT molecular complexity index is 1150. The number of para-hydroxylation sites is 2. The highest BCUT2D eigenvalue weighted by molar-refractivity contribution is 5.89. The lowest BCUT2D eigenvalue weighted by Crippen LogP contribution is -2.32. The number of benzene rings is 2. The molecule has 0 aliphatic rings. The van der Waals surface area contributed by atoms with Gasteiger partial charge in [-0.2, -0.15) is 0 Å². The summed E-state index contributed by atoms with van der Waals surface area (Å²) >= 11 is 0. The molecule has 0 atom stereocenters. The molecular weight excluding hydrogens is 330 g/mol. The van der Waals surface area contributed by atoms with E-state index in [1.54, 1.807) is 0 Å². The monoisotopic (exact) mass is 352 g/mol. The largest absolute Gasteiger partial charge is 0.361 e. The Kier molecular flexibility index (Phi) is 3.79. The topological polar surface area (TPSA) is 35.5 Å². The van der Waals surface area contributed by atoms with Crippen LogP contribution in [0.25, 0.3) is 21.8 Å². The average Bonchev–Trinajstić information content (AvgIpc) is 3.34. The van der Waals surface area contributed by atoms with E-state index in [4.69, 9.17) is 0 Å². The fraction of sp³-hybridized carbons (Fsp3) is 0.125. The van der Waals surface area contributed by atoms with Crippen LogP contribution in [0.3, 0.4) is 0 Å². The van der Waals surface area contributed by atoms with E-state index in [0.717, 1.165) is 6.54 Å². The van der Waals surface area contributed by atoms with Crippen molar-refractivity contribution < 1.29 is 4.57 Å². The van der Waals surface area contributed by atoms with Crippen molar-refractivity contribution in [3.63, 3.8) is 0 Å². The number of aromatic amines is 2. The van der Waals surface area contributed by atoms with E-state index in [9.17, 15) is 0 Å². The molecule has 0 fully saturated rings. The predicted octanol–water partition coefficient (Wildman–Crippen LogP) is 5.14. The second kappa shape index (κ2) is 6.44. The number of aryl methyl sites for hydroxylation is 1. The standard InChI is InChI=1S/C24H22N3/c1-2-27-13-7-8-17(16-27)24(20-14-25-22-11-5-3-9-18(20)22)21-15-26-23-12-6-4-10-19(21)23/h3-16,24-26H,2H2,1H3/q+1. The van der Waals surface area contributed by atoms with Crippen LogP contribution in [0.5, 0.6) is 0 Å². The molecule has 0 aliphatic heterocycles. The zero-order valence-corrected chi connectivity index (χ0v) is 15.3. The minimum absolute atomic E-state index is 0.163. The summed E-state index contributed by atoms with van der Waals surface area (Å²) in [6.45, 7) is 3.14. The number of aromatic nitrogens is 3. The molecular formula is C24H22N3+. The van der Waals surface area contributed by atoms with E-state index >= 15 is 0 Å². The van der Waals surface area contributed by atoms with Crippen molar-refractivity contribution in [3.05, 3.63) is 102 Å². The molecule has 0 unspecified atom stereocenters. The fourth-order valence-corrected chi connectivity index (χ4v) is 4.10. The molecule has 3 aromatic heterocycles. The van der Waals surface area contributed by atoms with E-state index in [1.165, 1.54) is 38.5 Å². The molecule has 132 valence electrons. The van der Waals surface area contributed by atoms with Crippen molar-refractivity contribution in [2.75, 3.05) is 0 Å². The minimum atomic E-state index is 0.163. The Labute approximate surface area is 158 Å². The third-order valence-electron chi connectivity index (χ3n) is 5.44. The highest BCUT2D eigenvalue weighted by atomic mass is 14.9. The Morgan fingerprint density at radius 3 is 1.96 bits per heavy atom. The van der Waals surface area contributed by atoms with Gasteiger partial charge in [0.1, 0.15) is 6.54 Å². The first-order valence-corrected chi connectivity index (χ1v) is 9.46. The van der Waals surface area contributed by atoms with E-state index in [2.05, 4.69) is 107 Å². The van der Waals surface area contributed by atoms with Gasteiger partial charge in [-0.3, -0.25) is 0 Å². The van der Waals surface area contributed by atoms with Gasteiger partial charge in [-0.1, -0.05) is 36.4 Å². The van der Waals surface area contributed by atoms with Crippen molar-refractivity contribution in [2.45, 2.75) is 19.4 Å². The van der Waals surface area contributed by atoms with Crippen LogP contribution in [-0.2, 0) is 6.54 Å². The number of H-pyrrole nitrogens is 2. The molecule has 0 radical (unpaired) electrons. The SMILES string of the molecule is CC[n+]1cccc(C(c2c[nH]c3ccccc23)c2c[nH]c3ccccc23)c1. The Hall–Kier alpha value is -3.33. The molecule has 3 heteroatoms. The summed E-state index contributed by atoms with van der Waals surface area (Å²) in [6.07, 6.45) is 8.74. The van der Waals surface area contributed by atoms with E-state index < -0.39 is 0 Å². The molecule has 27 heavy (non-hydrogen) atoms.